The highest BCUT2D eigenvalue weighted by molar-refractivity contribution is 5.34. The van der Waals surface area contributed by atoms with Gasteiger partial charge in [-0.2, -0.15) is 5.26 Å². The first-order valence-electron chi connectivity index (χ1n) is 5.24. The van der Waals surface area contributed by atoms with E-state index in [-0.39, 0.29) is 5.56 Å². The van der Waals surface area contributed by atoms with Crippen molar-refractivity contribution in [1.29, 1.82) is 5.26 Å². The van der Waals surface area contributed by atoms with E-state index in [2.05, 4.69) is 0 Å². The summed E-state index contributed by atoms with van der Waals surface area (Å²) in [6.45, 7) is 1.75. The van der Waals surface area contributed by atoms with Crippen molar-refractivity contribution in [2.75, 3.05) is 19.6 Å². The summed E-state index contributed by atoms with van der Waals surface area (Å²) in [5.74, 6) is -0.487. The normalized spacial score (nSPS) is 16.8. The molecule has 2 rings (SSSR count). The fraction of sp³-hybridized carbons (Fsp3) is 0.417. The summed E-state index contributed by atoms with van der Waals surface area (Å²) in [5, 5.41) is 8.66. The second-order valence-corrected chi connectivity index (χ2v) is 4.03. The number of alkyl halides is 1. The van der Waals surface area contributed by atoms with Crippen LogP contribution in [-0.4, -0.2) is 30.7 Å². The number of halogens is 2. The Morgan fingerprint density at radius 2 is 2.19 bits per heavy atom. The van der Waals surface area contributed by atoms with Crippen molar-refractivity contribution in [3.63, 3.8) is 0 Å². The predicted octanol–water partition coefficient (Wildman–Crippen LogP) is 1.89. The summed E-state index contributed by atoms with van der Waals surface area (Å²) < 4.78 is 25.5. The number of nitriles is 1. The standard InChI is InChI=1S/C12H12F2N2/c13-11-7-16(8-11)4-3-9-1-2-12(14)10(5-9)6-15/h1-2,5,11H,3-4,7-8H2. The Morgan fingerprint density at radius 3 is 2.81 bits per heavy atom. The van der Waals surface area contributed by atoms with Gasteiger partial charge in [0.25, 0.3) is 0 Å². The molecule has 0 atom stereocenters. The van der Waals surface area contributed by atoms with E-state index >= 15 is 0 Å². The molecule has 1 aliphatic heterocycles. The van der Waals surface area contributed by atoms with Crippen LogP contribution in [0.25, 0.3) is 0 Å². The SMILES string of the molecule is N#Cc1cc(CCN2CC(F)C2)ccc1F. The molecule has 0 aromatic heterocycles. The van der Waals surface area contributed by atoms with Crippen molar-refractivity contribution in [1.82, 2.24) is 4.90 Å². The van der Waals surface area contributed by atoms with Gasteiger partial charge < -0.3 is 0 Å². The summed E-state index contributed by atoms with van der Waals surface area (Å²) >= 11 is 0. The van der Waals surface area contributed by atoms with Crippen LogP contribution in [0.5, 0.6) is 0 Å². The van der Waals surface area contributed by atoms with Crippen LogP contribution in [0, 0.1) is 17.1 Å². The van der Waals surface area contributed by atoms with Crippen molar-refractivity contribution in [2.45, 2.75) is 12.6 Å². The smallest absolute Gasteiger partial charge is 0.140 e. The Hall–Kier alpha value is -1.47. The van der Waals surface area contributed by atoms with Gasteiger partial charge in [0, 0.05) is 19.6 Å². The Balaban J connectivity index is 1.92. The van der Waals surface area contributed by atoms with Crippen LogP contribution >= 0.6 is 0 Å². The Kier molecular flexibility index (Phi) is 3.16. The molecule has 0 bridgehead atoms. The van der Waals surface area contributed by atoms with Gasteiger partial charge in [0.05, 0.1) is 5.56 Å². The molecule has 1 aliphatic rings. The minimum Gasteiger partial charge on any atom is -0.297 e. The van der Waals surface area contributed by atoms with Crippen molar-refractivity contribution in [2.24, 2.45) is 0 Å². The molecule has 0 radical (unpaired) electrons. The second-order valence-electron chi connectivity index (χ2n) is 4.03. The molecular weight excluding hydrogens is 210 g/mol. The molecule has 1 aromatic rings. The third kappa shape index (κ3) is 2.37. The Labute approximate surface area is 93.1 Å². The molecule has 1 aromatic carbocycles. The van der Waals surface area contributed by atoms with Crippen LogP contribution in [0.1, 0.15) is 11.1 Å². The van der Waals surface area contributed by atoms with Crippen molar-refractivity contribution >= 4 is 0 Å². The molecule has 0 unspecified atom stereocenters. The van der Waals surface area contributed by atoms with E-state index in [4.69, 9.17) is 5.26 Å². The molecular formula is C12H12F2N2. The molecule has 4 heteroatoms. The lowest BCUT2D eigenvalue weighted by Crippen LogP contribution is -2.48. The summed E-state index contributed by atoms with van der Waals surface area (Å²) in [4.78, 5) is 2.00. The average molecular weight is 222 g/mol. The molecule has 1 fully saturated rings. The van der Waals surface area contributed by atoms with E-state index < -0.39 is 12.0 Å². The first-order chi connectivity index (χ1) is 7.69. The predicted molar refractivity (Wildman–Crippen MR) is 56.2 cm³/mol. The Morgan fingerprint density at radius 1 is 1.44 bits per heavy atom. The Bertz CT molecular complexity index is 420. The summed E-state index contributed by atoms with van der Waals surface area (Å²) in [7, 11) is 0. The number of likely N-dealkylation sites (tertiary alicyclic amines) is 1. The molecule has 2 nitrogen and oxygen atoms in total. The van der Waals surface area contributed by atoms with Gasteiger partial charge in [0.2, 0.25) is 0 Å². The lowest BCUT2D eigenvalue weighted by Gasteiger charge is -2.34. The highest BCUT2D eigenvalue weighted by Gasteiger charge is 2.25. The zero-order valence-corrected chi connectivity index (χ0v) is 8.79. The van der Waals surface area contributed by atoms with Crippen LogP contribution in [-0.2, 0) is 6.42 Å². The highest BCUT2D eigenvalue weighted by atomic mass is 19.1. The minimum atomic E-state index is -0.692. The van der Waals surface area contributed by atoms with Gasteiger partial charge in [0.15, 0.2) is 0 Å². The van der Waals surface area contributed by atoms with Crippen LogP contribution in [0.3, 0.4) is 0 Å². The molecule has 16 heavy (non-hydrogen) atoms. The van der Waals surface area contributed by atoms with Crippen molar-refractivity contribution < 1.29 is 8.78 Å². The first-order valence-corrected chi connectivity index (χ1v) is 5.24. The fourth-order valence-corrected chi connectivity index (χ4v) is 1.79. The summed E-state index contributed by atoms with van der Waals surface area (Å²) in [6.07, 6.45) is 0.0321. The largest absolute Gasteiger partial charge is 0.297 e. The number of benzene rings is 1. The van der Waals surface area contributed by atoms with Crippen LogP contribution in [0.4, 0.5) is 8.78 Å². The summed E-state index contributed by atoms with van der Waals surface area (Å²) in [5.41, 5.74) is 0.990. The van der Waals surface area contributed by atoms with Gasteiger partial charge in [-0.1, -0.05) is 6.07 Å². The zero-order valence-electron chi connectivity index (χ0n) is 8.79. The van der Waals surface area contributed by atoms with Crippen LogP contribution < -0.4 is 0 Å². The number of hydrogen-bond acceptors (Lipinski definition) is 2. The molecule has 0 amide bonds. The van der Waals surface area contributed by atoms with Gasteiger partial charge in [-0.3, -0.25) is 4.90 Å². The lowest BCUT2D eigenvalue weighted by molar-refractivity contribution is 0.0670. The van der Waals surface area contributed by atoms with Gasteiger partial charge in [-0.05, 0) is 24.1 Å². The monoisotopic (exact) mass is 222 g/mol. The maximum absolute atomic E-state index is 13.0. The van der Waals surface area contributed by atoms with E-state index in [1.165, 1.54) is 6.07 Å². The van der Waals surface area contributed by atoms with Gasteiger partial charge in [0.1, 0.15) is 18.1 Å². The molecule has 1 saturated heterocycles. The van der Waals surface area contributed by atoms with Crippen molar-refractivity contribution in [3.05, 3.63) is 35.1 Å². The lowest BCUT2D eigenvalue weighted by atomic mass is 10.1. The molecule has 0 spiro atoms. The quantitative estimate of drug-likeness (QED) is 0.781. The molecule has 0 aliphatic carbocycles. The van der Waals surface area contributed by atoms with Gasteiger partial charge in [-0.25, -0.2) is 8.78 Å². The van der Waals surface area contributed by atoms with Crippen molar-refractivity contribution in [3.8, 4) is 6.07 Å². The second kappa shape index (κ2) is 4.58. The van der Waals surface area contributed by atoms with E-state index in [1.54, 1.807) is 12.1 Å². The zero-order chi connectivity index (χ0) is 11.5. The third-order valence-corrected chi connectivity index (χ3v) is 2.78. The van der Waals surface area contributed by atoms with E-state index in [1.807, 2.05) is 11.0 Å². The number of hydrogen-bond donors (Lipinski definition) is 0. The molecule has 0 saturated carbocycles. The molecule has 84 valence electrons. The number of rotatable bonds is 3. The molecule has 0 N–H and O–H groups in total. The first kappa shape index (κ1) is 11.0. The van der Waals surface area contributed by atoms with E-state index in [0.29, 0.717) is 13.1 Å². The highest BCUT2D eigenvalue weighted by Crippen LogP contribution is 2.14. The minimum absolute atomic E-state index is 0.0736. The van der Waals surface area contributed by atoms with E-state index in [9.17, 15) is 8.78 Å². The number of nitrogens with zero attached hydrogens (tertiary/aromatic N) is 2. The maximum Gasteiger partial charge on any atom is 0.140 e. The third-order valence-electron chi connectivity index (χ3n) is 2.78. The molecule has 1 heterocycles. The maximum atomic E-state index is 13.0. The van der Waals surface area contributed by atoms with Crippen LogP contribution in [0.15, 0.2) is 18.2 Å². The van der Waals surface area contributed by atoms with E-state index in [0.717, 1.165) is 18.5 Å². The average Bonchev–Trinajstić information content (AvgIpc) is 2.24. The van der Waals surface area contributed by atoms with Crippen LogP contribution in [0.2, 0.25) is 0 Å². The fourth-order valence-electron chi connectivity index (χ4n) is 1.79. The summed E-state index contributed by atoms with van der Waals surface area (Å²) in [6, 6.07) is 6.34. The topological polar surface area (TPSA) is 27.0 Å². The van der Waals surface area contributed by atoms with Gasteiger partial charge in [-0.15, -0.1) is 0 Å². The van der Waals surface area contributed by atoms with Gasteiger partial charge >= 0.3 is 0 Å².